The maximum Gasteiger partial charge on any atom is 0.127 e. The van der Waals surface area contributed by atoms with Crippen LogP contribution in [0.3, 0.4) is 0 Å². The molecule has 1 unspecified atom stereocenters. The Morgan fingerprint density at radius 3 is 3.00 bits per heavy atom. The molecular formula is C6H7Cl2N. The number of rotatable bonds is 1. The van der Waals surface area contributed by atoms with E-state index in [0.29, 0.717) is 5.88 Å². The molecule has 0 spiro atoms. The summed E-state index contributed by atoms with van der Waals surface area (Å²) in [6.07, 6.45) is 4.55. The summed E-state index contributed by atoms with van der Waals surface area (Å²) in [6, 6.07) is 0. The first-order valence-corrected chi connectivity index (χ1v) is 3.72. The van der Waals surface area contributed by atoms with E-state index in [9.17, 15) is 0 Å². The Morgan fingerprint density at radius 2 is 2.56 bits per heavy atom. The van der Waals surface area contributed by atoms with Crippen LogP contribution >= 0.6 is 23.2 Å². The molecule has 0 fully saturated rings. The predicted molar refractivity (Wildman–Crippen MR) is 41.6 cm³/mol. The Hall–Kier alpha value is -0.0100. The lowest BCUT2D eigenvalue weighted by atomic mass is 10.2. The Bertz CT molecular complexity index is 151. The minimum absolute atomic E-state index is 0.0723. The van der Waals surface area contributed by atoms with E-state index in [1.54, 1.807) is 6.21 Å². The summed E-state index contributed by atoms with van der Waals surface area (Å²) >= 11 is 11.2. The number of hydrogen-bond acceptors (Lipinski definition) is 1. The third-order valence-corrected chi connectivity index (χ3v) is 1.73. The molecule has 0 N–H and O–H groups in total. The van der Waals surface area contributed by atoms with Crippen LogP contribution in [-0.4, -0.2) is 17.6 Å². The lowest BCUT2D eigenvalue weighted by molar-refractivity contribution is 0.908. The van der Waals surface area contributed by atoms with Gasteiger partial charge in [-0.1, -0.05) is 17.7 Å². The van der Waals surface area contributed by atoms with Crippen LogP contribution in [0.25, 0.3) is 0 Å². The number of aliphatic imine (C=N–C) groups is 1. The molecule has 0 amide bonds. The molecule has 0 aromatic carbocycles. The molecule has 50 valence electrons. The molecule has 3 heteroatoms. The second-order valence-corrected chi connectivity index (χ2v) is 2.63. The molecule has 1 atom stereocenters. The number of dihydropyridines is 1. The minimum Gasteiger partial charge on any atom is -0.273 e. The Labute approximate surface area is 64.4 Å². The van der Waals surface area contributed by atoms with E-state index in [4.69, 9.17) is 23.2 Å². The van der Waals surface area contributed by atoms with Crippen LogP contribution in [0.1, 0.15) is 6.42 Å². The van der Waals surface area contributed by atoms with Gasteiger partial charge in [-0.15, -0.1) is 11.6 Å². The fraction of sp³-hybridized carbons (Fsp3) is 0.500. The summed E-state index contributed by atoms with van der Waals surface area (Å²) in [5.41, 5.74) is 0.991. The smallest absolute Gasteiger partial charge is 0.127 e. The van der Waals surface area contributed by atoms with E-state index in [2.05, 4.69) is 4.99 Å². The molecule has 0 radical (unpaired) electrons. The topological polar surface area (TPSA) is 12.4 Å². The van der Waals surface area contributed by atoms with Crippen molar-refractivity contribution in [3.63, 3.8) is 0 Å². The molecule has 0 aromatic rings. The van der Waals surface area contributed by atoms with Crippen LogP contribution in [0.5, 0.6) is 0 Å². The van der Waals surface area contributed by atoms with Crippen molar-refractivity contribution in [2.75, 3.05) is 5.88 Å². The van der Waals surface area contributed by atoms with E-state index in [-0.39, 0.29) is 5.50 Å². The van der Waals surface area contributed by atoms with Crippen molar-refractivity contribution >= 4 is 29.4 Å². The van der Waals surface area contributed by atoms with Gasteiger partial charge in [-0.25, -0.2) is 0 Å². The second kappa shape index (κ2) is 3.23. The first-order valence-electron chi connectivity index (χ1n) is 2.75. The zero-order valence-electron chi connectivity index (χ0n) is 4.85. The highest BCUT2D eigenvalue weighted by Gasteiger charge is 2.03. The highest BCUT2D eigenvalue weighted by Crippen LogP contribution is 2.12. The molecular weight excluding hydrogens is 157 g/mol. The number of halogens is 2. The molecule has 0 aromatic heterocycles. The summed E-state index contributed by atoms with van der Waals surface area (Å²) in [5, 5.41) is 0. The zero-order chi connectivity index (χ0) is 6.69. The SMILES string of the molecule is ClCC1=CCC(Cl)N=C1. The maximum absolute atomic E-state index is 5.65. The molecule has 9 heavy (non-hydrogen) atoms. The van der Waals surface area contributed by atoms with E-state index < -0.39 is 0 Å². The van der Waals surface area contributed by atoms with Crippen molar-refractivity contribution in [1.29, 1.82) is 0 Å². The lowest BCUT2D eigenvalue weighted by Crippen LogP contribution is -2.01. The van der Waals surface area contributed by atoms with Gasteiger partial charge < -0.3 is 0 Å². The van der Waals surface area contributed by atoms with Crippen LogP contribution in [-0.2, 0) is 0 Å². The highest BCUT2D eigenvalue weighted by molar-refractivity contribution is 6.23. The fourth-order valence-electron chi connectivity index (χ4n) is 0.628. The molecule has 1 aliphatic rings. The van der Waals surface area contributed by atoms with Crippen LogP contribution in [0.2, 0.25) is 0 Å². The molecule has 0 saturated heterocycles. The standard InChI is InChI=1S/C6H7Cl2N/c7-3-5-1-2-6(8)9-4-5/h1,4,6H,2-3H2. The van der Waals surface area contributed by atoms with E-state index in [0.717, 1.165) is 12.0 Å². The molecule has 1 nitrogen and oxygen atoms in total. The van der Waals surface area contributed by atoms with Crippen molar-refractivity contribution in [3.05, 3.63) is 11.6 Å². The van der Waals surface area contributed by atoms with Gasteiger partial charge in [0.15, 0.2) is 0 Å². The molecule has 1 aliphatic heterocycles. The Morgan fingerprint density at radius 1 is 1.78 bits per heavy atom. The molecule has 0 aliphatic carbocycles. The fourth-order valence-corrected chi connectivity index (χ4v) is 0.951. The number of hydrogen-bond donors (Lipinski definition) is 0. The first kappa shape index (κ1) is 7.10. The number of alkyl halides is 2. The molecule has 0 bridgehead atoms. The van der Waals surface area contributed by atoms with Crippen molar-refractivity contribution in [2.24, 2.45) is 4.99 Å². The zero-order valence-corrected chi connectivity index (χ0v) is 6.36. The van der Waals surface area contributed by atoms with E-state index in [1.807, 2.05) is 6.08 Å². The highest BCUT2D eigenvalue weighted by atomic mass is 35.5. The van der Waals surface area contributed by atoms with Gasteiger partial charge in [-0.3, -0.25) is 4.99 Å². The summed E-state index contributed by atoms with van der Waals surface area (Å²) < 4.78 is 0. The minimum atomic E-state index is -0.0723. The van der Waals surface area contributed by atoms with E-state index >= 15 is 0 Å². The van der Waals surface area contributed by atoms with Gasteiger partial charge in [-0.05, 0) is 5.57 Å². The molecule has 1 heterocycles. The van der Waals surface area contributed by atoms with Crippen LogP contribution in [0.4, 0.5) is 0 Å². The van der Waals surface area contributed by atoms with Gasteiger partial charge in [0.25, 0.3) is 0 Å². The monoisotopic (exact) mass is 163 g/mol. The van der Waals surface area contributed by atoms with Crippen molar-refractivity contribution < 1.29 is 0 Å². The quantitative estimate of drug-likeness (QED) is 0.416. The first-order chi connectivity index (χ1) is 4.33. The van der Waals surface area contributed by atoms with Crippen molar-refractivity contribution in [2.45, 2.75) is 11.9 Å². The second-order valence-electron chi connectivity index (χ2n) is 1.86. The average Bonchev–Trinajstić information content (AvgIpc) is 1.90. The normalized spacial score (nSPS) is 26.0. The molecule has 0 saturated carbocycles. The van der Waals surface area contributed by atoms with Crippen LogP contribution < -0.4 is 0 Å². The Balaban J connectivity index is 2.52. The maximum atomic E-state index is 5.65. The number of allylic oxidation sites excluding steroid dienone is 1. The van der Waals surface area contributed by atoms with E-state index in [1.165, 1.54) is 0 Å². The van der Waals surface area contributed by atoms with Gasteiger partial charge in [0.05, 0.1) is 0 Å². The van der Waals surface area contributed by atoms with Gasteiger partial charge in [0.2, 0.25) is 0 Å². The predicted octanol–water partition coefficient (Wildman–Crippen LogP) is 2.19. The molecule has 1 rings (SSSR count). The lowest BCUT2D eigenvalue weighted by Gasteiger charge is -2.06. The number of nitrogens with zero attached hydrogens (tertiary/aromatic N) is 1. The van der Waals surface area contributed by atoms with Gasteiger partial charge in [0, 0.05) is 18.5 Å². The van der Waals surface area contributed by atoms with Crippen molar-refractivity contribution in [3.8, 4) is 0 Å². The summed E-state index contributed by atoms with van der Waals surface area (Å²) in [6.45, 7) is 0. The Kier molecular flexibility index (Phi) is 2.55. The van der Waals surface area contributed by atoms with Gasteiger partial charge in [0.1, 0.15) is 5.50 Å². The summed E-state index contributed by atoms with van der Waals surface area (Å²) in [5.74, 6) is 0.535. The largest absolute Gasteiger partial charge is 0.273 e. The van der Waals surface area contributed by atoms with Gasteiger partial charge >= 0.3 is 0 Å². The third-order valence-electron chi connectivity index (χ3n) is 1.13. The van der Waals surface area contributed by atoms with Gasteiger partial charge in [-0.2, -0.15) is 0 Å². The van der Waals surface area contributed by atoms with Crippen molar-refractivity contribution in [1.82, 2.24) is 0 Å². The summed E-state index contributed by atoms with van der Waals surface area (Å²) in [7, 11) is 0. The summed E-state index contributed by atoms with van der Waals surface area (Å²) in [4.78, 5) is 3.97. The average molecular weight is 164 g/mol. The third kappa shape index (κ3) is 1.99. The van der Waals surface area contributed by atoms with Crippen LogP contribution in [0, 0.1) is 0 Å². The van der Waals surface area contributed by atoms with Crippen LogP contribution in [0.15, 0.2) is 16.6 Å².